The molecule has 0 amide bonds. The number of hydrogen-bond donors (Lipinski definition) is 0. The molecule has 0 aromatic heterocycles. The van der Waals surface area contributed by atoms with Crippen LogP contribution in [-0.4, -0.2) is 6.61 Å². The number of ether oxygens (including phenoxy) is 1. The first-order chi connectivity index (χ1) is 8.68. The average Bonchev–Trinajstić information content (AvgIpc) is 2.36. The van der Waals surface area contributed by atoms with Gasteiger partial charge in [0.05, 0.1) is 6.61 Å². The van der Waals surface area contributed by atoms with E-state index in [4.69, 9.17) is 4.74 Å². The Balaban J connectivity index is 2.14. The van der Waals surface area contributed by atoms with E-state index >= 15 is 0 Å². The Kier molecular flexibility index (Phi) is 6.93. The van der Waals surface area contributed by atoms with Gasteiger partial charge in [-0.25, -0.2) is 0 Å². The molecule has 1 heteroatoms. The lowest BCUT2D eigenvalue weighted by atomic mass is 10.1. The molecule has 1 nitrogen and oxygen atoms in total. The zero-order chi connectivity index (χ0) is 13.2. The fourth-order valence-corrected chi connectivity index (χ4v) is 1.64. The first kappa shape index (κ1) is 14.6. The lowest BCUT2D eigenvalue weighted by molar-refractivity contribution is 0.229. The molecule has 0 aliphatic carbocycles. The Morgan fingerprint density at radius 3 is 2.67 bits per heavy atom. The monoisotopic (exact) mass is 244 g/mol. The third-order valence-corrected chi connectivity index (χ3v) is 2.74. The third kappa shape index (κ3) is 6.95. The summed E-state index contributed by atoms with van der Waals surface area (Å²) in [6.45, 7) is 9.06. The van der Waals surface area contributed by atoms with Crippen molar-refractivity contribution in [2.75, 3.05) is 6.61 Å². The van der Waals surface area contributed by atoms with Crippen LogP contribution in [0.1, 0.15) is 32.3 Å². The first-order valence-electron chi connectivity index (χ1n) is 6.70. The summed E-state index contributed by atoms with van der Waals surface area (Å²) < 4.78 is 5.57. The summed E-state index contributed by atoms with van der Waals surface area (Å²) >= 11 is 0. The van der Waals surface area contributed by atoms with Crippen molar-refractivity contribution in [3.8, 4) is 0 Å². The number of rotatable bonds is 8. The van der Waals surface area contributed by atoms with Crippen molar-refractivity contribution in [2.45, 2.75) is 33.1 Å². The predicted octanol–water partition coefficient (Wildman–Crippen LogP) is 4.75. The standard InChI is InChI=1S/C17H24O/c1-15(2)9-7-8-10-16(3)18-14-13-17-11-5-4-6-12-17/h4-6,8,10-12,15H,3,7,9,13-14H2,1-2H3/b10-8+. The molecular formula is C17H24O. The Labute approximate surface area is 111 Å². The summed E-state index contributed by atoms with van der Waals surface area (Å²) in [6.07, 6.45) is 7.37. The van der Waals surface area contributed by atoms with E-state index in [1.165, 1.54) is 12.0 Å². The molecule has 0 spiro atoms. The van der Waals surface area contributed by atoms with Crippen LogP contribution in [0.3, 0.4) is 0 Å². The maximum absolute atomic E-state index is 5.57. The van der Waals surface area contributed by atoms with Crippen molar-refractivity contribution in [1.29, 1.82) is 0 Å². The van der Waals surface area contributed by atoms with E-state index < -0.39 is 0 Å². The molecule has 1 aromatic carbocycles. The second-order valence-corrected chi connectivity index (χ2v) is 4.92. The molecule has 0 bridgehead atoms. The lowest BCUT2D eigenvalue weighted by Gasteiger charge is -2.06. The van der Waals surface area contributed by atoms with Crippen LogP contribution in [0.25, 0.3) is 0 Å². The minimum absolute atomic E-state index is 0.692. The van der Waals surface area contributed by atoms with E-state index in [0.29, 0.717) is 6.61 Å². The SMILES string of the molecule is C=C(/C=C/CCC(C)C)OCCc1ccccc1. The van der Waals surface area contributed by atoms with Crippen LogP contribution in [0.2, 0.25) is 0 Å². The minimum atomic E-state index is 0.692. The highest BCUT2D eigenvalue weighted by atomic mass is 16.5. The summed E-state index contributed by atoms with van der Waals surface area (Å²) in [6, 6.07) is 10.4. The van der Waals surface area contributed by atoms with Crippen molar-refractivity contribution in [3.63, 3.8) is 0 Å². The van der Waals surface area contributed by atoms with E-state index in [1.807, 2.05) is 12.1 Å². The van der Waals surface area contributed by atoms with E-state index in [-0.39, 0.29) is 0 Å². The quantitative estimate of drug-likeness (QED) is 0.473. The number of hydrogen-bond acceptors (Lipinski definition) is 1. The summed E-state index contributed by atoms with van der Waals surface area (Å²) in [5.41, 5.74) is 1.30. The van der Waals surface area contributed by atoms with Crippen LogP contribution in [-0.2, 0) is 11.2 Å². The van der Waals surface area contributed by atoms with Gasteiger partial charge in [-0.15, -0.1) is 0 Å². The molecular weight excluding hydrogens is 220 g/mol. The van der Waals surface area contributed by atoms with Gasteiger partial charge >= 0.3 is 0 Å². The average molecular weight is 244 g/mol. The van der Waals surface area contributed by atoms with Gasteiger partial charge in [-0.2, -0.15) is 0 Å². The van der Waals surface area contributed by atoms with Gasteiger partial charge in [0.1, 0.15) is 5.76 Å². The Morgan fingerprint density at radius 1 is 1.28 bits per heavy atom. The van der Waals surface area contributed by atoms with Crippen LogP contribution in [0.5, 0.6) is 0 Å². The molecule has 0 N–H and O–H groups in total. The zero-order valence-electron chi connectivity index (χ0n) is 11.6. The first-order valence-corrected chi connectivity index (χ1v) is 6.70. The van der Waals surface area contributed by atoms with Crippen LogP contribution in [0, 0.1) is 5.92 Å². The van der Waals surface area contributed by atoms with Gasteiger partial charge in [0.15, 0.2) is 0 Å². The van der Waals surface area contributed by atoms with Gasteiger partial charge in [-0.05, 0) is 30.4 Å². The highest BCUT2D eigenvalue weighted by Crippen LogP contribution is 2.06. The van der Waals surface area contributed by atoms with E-state index in [1.54, 1.807) is 0 Å². The topological polar surface area (TPSA) is 9.23 Å². The van der Waals surface area contributed by atoms with E-state index in [0.717, 1.165) is 24.5 Å². The lowest BCUT2D eigenvalue weighted by Crippen LogP contribution is -1.96. The van der Waals surface area contributed by atoms with E-state index in [2.05, 4.69) is 50.8 Å². The summed E-state index contributed by atoms with van der Waals surface area (Å²) in [5.74, 6) is 1.51. The summed E-state index contributed by atoms with van der Waals surface area (Å²) in [5, 5.41) is 0. The number of allylic oxidation sites excluding steroid dienone is 2. The molecule has 0 heterocycles. The van der Waals surface area contributed by atoms with Crippen LogP contribution in [0.4, 0.5) is 0 Å². The van der Waals surface area contributed by atoms with E-state index in [9.17, 15) is 0 Å². The molecule has 0 unspecified atom stereocenters. The fraction of sp³-hybridized carbons (Fsp3) is 0.412. The van der Waals surface area contributed by atoms with Gasteiger partial charge in [-0.1, -0.05) is 56.8 Å². The highest BCUT2D eigenvalue weighted by molar-refractivity contribution is 5.15. The fourth-order valence-electron chi connectivity index (χ4n) is 1.64. The molecule has 1 aromatic rings. The Bertz CT molecular complexity index is 362. The van der Waals surface area contributed by atoms with Gasteiger partial charge in [0, 0.05) is 6.42 Å². The maximum atomic E-state index is 5.57. The Morgan fingerprint density at radius 2 is 2.00 bits per heavy atom. The molecule has 0 saturated carbocycles. The van der Waals surface area contributed by atoms with Crippen molar-refractivity contribution in [2.24, 2.45) is 5.92 Å². The molecule has 0 fully saturated rings. The molecule has 1 rings (SSSR count). The molecule has 0 aliphatic rings. The minimum Gasteiger partial charge on any atom is -0.494 e. The molecule has 0 saturated heterocycles. The predicted molar refractivity (Wildman–Crippen MR) is 78.5 cm³/mol. The second kappa shape index (κ2) is 8.57. The maximum Gasteiger partial charge on any atom is 0.111 e. The molecule has 98 valence electrons. The van der Waals surface area contributed by atoms with Crippen molar-refractivity contribution >= 4 is 0 Å². The smallest absolute Gasteiger partial charge is 0.111 e. The normalized spacial score (nSPS) is 11.1. The van der Waals surface area contributed by atoms with Gasteiger partial charge < -0.3 is 4.74 Å². The zero-order valence-corrected chi connectivity index (χ0v) is 11.6. The van der Waals surface area contributed by atoms with Crippen molar-refractivity contribution < 1.29 is 4.74 Å². The Hall–Kier alpha value is -1.50. The summed E-state index contributed by atoms with van der Waals surface area (Å²) in [7, 11) is 0. The highest BCUT2D eigenvalue weighted by Gasteiger charge is 1.94. The third-order valence-electron chi connectivity index (χ3n) is 2.74. The number of benzene rings is 1. The largest absolute Gasteiger partial charge is 0.494 e. The second-order valence-electron chi connectivity index (χ2n) is 4.92. The van der Waals surface area contributed by atoms with Crippen LogP contribution in [0.15, 0.2) is 54.8 Å². The van der Waals surface area contributed by atoms with Crippen LogP contribution >= 0.6 is 0 Å². The molecule has 0 atom stereocenters. The molecule has 18 heavy (non-hydrogen) atoms. The van der Waals surface area contributed by atoms with Gasteiger partial charge in [-0.3, -0.25) is 0 Å². The van der Waals surface area contributed by atoms with Crippen molar-refractivity contribution in [1.82, 2.24) is 0 Å². The van der Waals surface area contributed by atoms with Crippen molar-refractivity contribution in [3.05, 3.63) is 60.4 Å². The van der Waals surface area contributed by atoms with Gasteiger partial charge in [0.25, 0.3) is 0 Å². The summed E-state index contributed by atoms with van der Waals surface area (Å²) in [4.78, 5) is 0. The van der Waals surface area contributed by atoms with Gasteiger partial charge in [0.2, 0.25) is 0 Å². The molecule has 0 radical (unpaired) electrons. The molecule has 0 aliphatic heterocycles. The van der Waals surface area contributed by atoms with Crippen LogP contribution < -0.4 is 0 Å².